The second-order valence-electron chi connectivity index (χ2n) is 8.83. The van der Waals surface area contributed by atoms with Gasteiger partial charge in [-0.3, -0.25) is 4.79 Å². The first-order valence-corrected chi connectivity index (χ1v) is 11.8. The molecule has 0 spiro atoms. The molecule has 0 amide bonds. The summed E-state index contributed by atoms with van der Waals surface area (Å²) in [6, 6.07) is 23.2. The van der Waals surface area contributed by atoms with Crippen LogP contribution in [0.1, 0.15) is 42.1 Å². The summed E-state index contributed by atoms with van der Waals surface area (Å²) in [7, 11) is 1.39. The Morgan fingerprint density at radius 3 is 2.00 bits per heavy atom. The summed E-state index contributed by atoms with van der Waals surface area (Å²) in [6.45, 7) is 1.54. The largest absolute Gasteiger partial charge is 0.490 e. The normalized spacial score (nSPS) is 18.1. The molecule has 2 unspecified atom stereocenters. The molecule has 6 nitrogen and oxygen atoms in total. The SMILES string of the molecule is CO[C@@H](Cc1ccc(OC2CCC(Oc3ccccc3C(C)=O)C2)cc1)C(=O)O.c1cc2ccc1-2. The zero-order valence-electron chi connectivity index (χ0n) is 20.0. The van der Waals surface area contributed by atoms with E-state index in [4.69, 9.17) is 19.3 Å². The fraction of sp³-hybridized carbons (Fsp3) is 0.310. The second kappa shape index (κ2) is 11.2. The Labute approximate surface area is 205 Å². The molecule has 3 atom stereocenters. The average molecular weight is 475 g/mol. The minimum atomic E-state index is -0.976. The topological polar surface area (TPSA) is 82.1 Å². The number of rotatable bonds is 9. The lowest BCUT2D eigenvalue weighted by Gasteiger charge is -2.17. The van der Waals surface area contributed by atoms with Crippen LogP contribution in [-0.2, 0) is 16.0 Å². The lowest BCUT2D eigenvalue weighted by molar-refractivity contribution is -0.148. The van der Waals surface area contributed by atoms with Gasteiger partial charge in [0.05, 0.1) is 5.56 Å². The Morgan fingerprint density at radius 2 is 1.49 bits per heavy atom. The van der Waals surface area contributed by atoms with Crippen LogP contribution in [-0.4, -0.2) is 42.3 Å². The molecule has 2 aromatic carbocycles. The average Bonchev–Trinajstić information content (AvgIpc) is 3.27. The number of ketones is 1. The molecule has 35 heavy (non-hydrogen) atoms. The molecule has 6 heteroatoms. The molecule has 0 bridgehead atoms. The van der Waals surface area contributed by atoms with Crippen LogP contribution in [0.3, 0.4) is 0 Å². The van der Waals surface area contributed by atoms with Crippen molar-refractivity contribution in [3.8, 4) is 22.6 Å². The quantitative estimate of drug-likeness (QED) is 0.319. The van der Waals surface area contributed by atoms with Gasteiger partial charge in [-0.2, -0.15) is 0 Å². The van der Waals surface area contributed by atoms with Crippen molar-refractivity contribution in [3.05, 3.63) is 83.9 Å². The molecule has 3 aliphatic rings. The number of aliphatic carboxylic acids is 1. The van der Waals surface area contributed by atoms with Crippen molar-refractivity contribution in [3.63, 3.8) is 0 Å². The number of hydrogen-bond donors (Lipinski definition) is 1. The number of hydrogen-bond acceptors (Lipinski definition) is 5. The third kappa shape index (κ3) is 6.28. The fourth-order valence-electron chi connectivity index (χ4n) is 4.20. The van der Waals surface area contributed by atoms with Gasteiger partial charge >= 0.3 is 5.97 Å². The van der Waals surface area contributed by atoms with Gasteiger partial charge in [-0.15, -0.1) is 0 Å². The predicted molar refractivity (Wildman–Crippen MR) is 133 cm³/mol. The molecule has 1 N–H and O–H groups in total. The van der Waals surface area contributed by atoms with E-state index in [1.165, 1.54) is 25.2 Å². The Morgan fingerprint density at radius 1 is 0.886 bits per heavy atom. The Kier molecular flexibility index (Phi) is 7.83. The highest BCUT2D eigenvalue weighted by molar-refractivity contribution is 5.96. The maximum atomic E-state index is 11.8. The third-order valence-electron chi connectivity index (χ3n) is 6.32. The van der Waals surface area contributed by atoms with E-state index >= 15 is 0 Å². The summed E-state index contributed by atoms with van der Waals surface area (Å²) in [6.07, 6.45) is 1.99. The van der Waals surface area contributed by atoms with Crippen LogP contribution in [0.25, 0.3) is 11.1 Å². The van der Waals surface area contributed by atoms with Gasteiger partial charge in [0.1, 0.15) is 23.7 Å². The number of para-hydroxylation sites is 1. The third-order valence-corrected chi connectivity index (χ3v) is 6.32. The number of fused-ring (bicyclic) bond motifs is 1. The molecule has 5 rings (SSSR count). The van der Waals surface area contributed by atoms with Crippen molar-refractivity contribution in [1.29, 1.82) is 0 Å². The van der Waals surface area contributed by atoms with Crippen LogP contribution in [0.15, 0.2) is 72.8 Å². The van der Waals surface area contributed by atoms with Gasteiger partial charge in [-0.05, 0) is 60.7 Å². The first kappa shape index (κ1) is 24.5. The van der Waals surface area contributed by atoms with E-state index in [0.29, 0.717) is 17.7 Å². The number of Topliss-reactive ketones (excluding diaryl/α,β-unsaturated/α-hetero) is 1. The smallest absolute Gasteiger partial charge is 0.333 e. The van der Waals surface area contributed by atoms with E-state index < -0.39 is 12.1 Å². The molecule has 0 saturated heterocycles. The highest BCUT2D eigenvalue weighted by atomic mass is 16.5. The molecule has 0 heterocycles. The summed E-state index contributed by atoms with van der Waals surface area (Å²) in [4.78, 5) is 22.8. The first-order chi connectivity index (χ1) is 16.9. The van der Waals surface area contributed by atoms with Gasteiger partial charge in [-0.25, -0.2) is 4.79 Å². The van der Waals surface area contributed by atoms with E-state index in [2.05, 4.69) is 24.3 Å². The highest BCUT2D eigenvalue weighted by Crippen LogP contribution is 2.30. The minimum absolute atomic E-state index is 0.00917. The summed E-state index contributed by atoms with van der Waals surface area (Å²) < 4.78 is 17.1. The van der Waals surface area contributed by atoms with Crippen LogP contribution in [0.2, 0.25) is 0 Å². The first-order valence-electron chi connectivity index (χ1n) is 11.8. The fourth-order valence-corrected chi connectivity index (χ4v) is 4.20. The number of carboxylic acid groups (broad SMARTS) is 1. The Bertz CT molecular complexity index is 1130. The van der Waals surface area contributed by atoms with E-state index in [1.54, 1.807) is 6.07 Å². The second-order valence-corrected chi connectivity index (χ2v) is 8.83. The zero-order chi connectivity index (χ0) is 24.8. The van der Waals surface area contributed by atoms with E-state index in [-0.39, 0.29) is 18.0 Å². The van der Waals surface area contributed by atoms with E-state index in [1.807, 2.05) is 42.5 Å². The predicted octanol–water partition coefficient (Wildman–Crippen LogP) is 5.58. The van der Waals surface area contributed by atoms with Gasteiger partial charge in [0, 0.05) is 20.0 Å². The summed E-state index contributed by atoms with van der Waals surface area (Å²) in [5, 5.41) is 9.08. The maximum Gasteiger partial charge on any atom is 0.333 e. The summed E-state index contributed by atoms with van der Waals surface area (Å²) in [5.74, 6) is 0.384. The lowest BCUT2D eigenvalue weighted by atomic mass is 9.95. The minimum Gasteiger partial charge on any atom is -0.490 e. The zero-order valence-corrected chi connectivity index (χ0v) is 20.0. The Hall–Kier alpha value is -3.64. The van der Waals surface area contributed by atoms with Crippen molar-refractivity contribution < 1.29 is 28.9 Å². The van der Waals surface area contributed by atoms with Crippen LogP contribution in [0.4, 0.5) is 0 Å². The maximum absolute atomic E-state index is 11.8. The number of methoxy groups -OCH3 is 1. The van der Waals surface area contributed by atoms with Gasteiger partial charge in [0.25, 0.3) is 0 Å². The number of carbonyl (C=O) groups is 2. The number of benzene rings is 3. The summed E-state index contributed by atoms with van der Waals surface area (Å²) in [5.41, 5.74) is 4.33. The van der Waals surface area contributed by atoms with Gasteiger partial charge in [0.15, 0.2) is 11.9 Å². The number of ether oxygens (including phenoxy) is 3. The molecule has 0 aromatic heterocycles. The van der Waals surface area contributed by atoms with E-state index in [0.717, 1.165) is 30.6 Å². The van der Waals surface area contributed by atoms with Crippen molar-refractivity contribution in [1.82, 2.24) is 0 Å². The molecule has 3 aliphatic carbocycles. The molecular formula is C29H30O6. The van der Waals surface area contributed by atoms with Crippen molar-refractivity contribution in [2.24, 2.45) is 0 Å². The molecule has 1 saturated carbocycles. The van der Waals surface area contributed by atoms with Crippen LogP contribution in [0, 0.1) is 0 Å². The van der Waals surface area contributed by atoms with Crippen molar-refractivity contribution in [2.75, 3.05) is 7.11 Å². The molecule has 182 valence electrons. The van der Waals surface area contributed by atoms with Crippen LogP contribution < -0.4 is 9.47 Å². The molecule has 0 radical (unpaired) electrons. The van der Waals surface area contributed by atoms with Crippen LogP contribution >= 0.6 is 0 Å². The van der Waals surface area contributed by atoms with Crippen molar-refractivity contribution in [2.45, 2.75) is 50.9 Å². The standard InChI is InChI=1S/C23H26O6.C6H4/c1-15(24)20-5-3-4-6-21(20)29-19-12-11-18(14-19)28-17-9-7-16(8-10-17)13-22(27-2)23(25)26;1-2-6-4-3-5(1)6/h3-10,18-19,22H,11-14H2,1-2H3,(H,25,26);1-4H/t18?,19?,22-;/m0./s1. The van der Waals surface area contributed by atoms with Crippen LogP contribution in [0.5, 0.6) is 11.5 Å². The van der Waals surface area contributed by atoms with Gasteiger partial charge in [0.2, 0.25) is 0 Å². The molecular weight excluding hydrogens is 444 g/mol. The van der Waals surface area contributed by atoms with Gasteiger partial charge < -0.3 is 19.3 Å². The molecule has 0 aliphatic heterocycles. The summed E-state index contributed by atoms with van der Waals surface area (Å²) >= 11 is 0. The molecule has 1 fully saturated rings. The number of carboxylic acids is 1. The highest BCUT2D eigenvalue weighted by Gasteiger charge is 2.28. The monoisotopic (exact) mass is 474 g/mol. The van der Waals surface area contributed by atoms with Gasteiger partial charge in [-0.1, -0.05) is 48.5 Å². The number of carbonyl (C=O) groups excluding carboxylic acids is 1. The Balaban J connectivity index is 0.000000411. The molecule has 2 aromatic rings. The lowest BCUT2D eigenvalue weighted by Crippen LogP contribution is -2.24. The van der Waals surface area contributed by atoms with E-state index in [9.17, 15) is 9.59 Å². The van der Waals surface area contributed by atoms with Crippen molar-refractivity contribution >= 4 is 11.8 Å².